The Labute approximate surface area is 165 Å². The average molecular weight is 426 g/mol. The van der Waals surface area contributed by atoms with Crippen LogP contribution in [0.2, 0.25) is 5.02 Å². The van der Waals surface area contributed by atoms with Crippen LogP contribution >= 0.6 is 11.6 Å². The predicted molar refractivity (Wildman–Crippen MR) is 99.9 cm³/mol. The second kappa shape index (κ2) is 9.31. The molecule has 4 N–H and O–H groups in total. The zero-order chi connectivity index (χ0) is 20.7. The number of esters is 1. The zero-order valence-corrected chi connectivity index (χ0v) is 15.9. The monoisotopic (exact) mass is 425 g/mol. The molecule has 0 aromatic heterocycles. The first-order valence-corrected chi connectivity index (χ1v) is 9.64. The van der Waals surface area contributed by atoms with Crippen molar-refractivity contribution in [2.24, 2.45) is 5.73 Å². The van der Waals surface area contributed by atoms with E-state index in [1.165, 1.54) is 12.1 Å². The number of primary amides is 1. The molecule has 2 aromatic rings. The van der Waals surface area contributed by atoms with E-state index >= 15 is 0 Å². The minimum Gasteiger partial charge on any atom is -0.452 e. The van der Waals surface area contributed by atoms with Crippen molar-refractivity contribution >= 4 is 39.5 Å². The number of carbonyl (C=O) groups is 3. The van der Waals surface area contributed by atoms with Crippen molar-refractivity contribution in [1.82, 2.24) is 10.0 Å². The lowest BCUT2D eigenvalue weighted by Gasteiger charge is -2.10. The Bertz CT molecular complexity index is 995. The van der Waals surface area contributed by atoms with Crippen molar-refractivity contribution in [2.45, 2.75) is 11.4 Å². The van der Waals surface area contributed by atoms with Crippen LogP contribution in [0, 0.1) is 0 Å². The molecule has 0 aliphatic carbocycles. The smallest absolute Gasteiger partial charge is 0.338 e. The summed E-state index contributed by atoms with van der Waals surface area (Å²) in [6.45, 7) is -0.736. The van der Waals surface area contributed by atoms with Gasteiger partial charge in [-0.15, -0.1) is 0 Å². The highest BCUT2D eigenvalue weighted by Gasteiger charge is 2.21. The quantitative estimate of drug-likeness (QED) is 0.568. The summed E-state index contributed by atoms with van der Waals surface area (Å²) < 4.78 is 32.2. The van der Waals surface area contributed by atoms with Crippen molar-refractivity contribution in [3.63, 3.8) is 0 Å². The molecular weight excluding hydrogens is 410 g/mol. The second-order valence-corrected chi connectivity index (χ2v) is 7.59. The van der Waals surface area contributed by atoms with Crippen LogP contribution in [0.15, 0.2) is 53.4 Å². The summed E-state index contributed by atoms with van der Waals surface area (Å²) >= 11 is 5.97. The van der Waals surface area contributed by atoms with Gasteiger partial charge in [-0.2, -0.15) is 0 Å². The van der Waals surface area contributed by atoms with Crippen LogP contribution in [0.25, 0.3) is 0 Å². The summed E-state index contributed by atoms with van der Waals surface area (Å²) in [7, 11) is -4.02. The third kappa shape index (κ3) is 6.05. The van der Waals surface area contributed by atoms with Gasteiger partial charge in [0.05, 0.1) is 10.6 Å². The van der Waals surface area contributed by atoms with Crippen LogP contribution in [0.3, 0.4) is 0 Å². The van der Waals surface area contributed by atoms with E-state index in [2.05, 4.69) is 4.72 Å². The van der Waals surface area contributed by atoms with Crippen LogP contribution in [0.4, 0.5) is 4.79 Å². The molecule has 0 atom stereocenters. The number of sulfonamides is 1. The van der Waals surface area contributed by atoms with Crippen molar-refractivity contribution in [3.8, 4) is 0 Å². The number of nitrogens with one attached hydrogen (secondary N) is 2. The fourth-order valence-corrected chi connectivity index (χ4v) is 3.62. The van der Waals surface area contributed by atoms with Gasteiger partial charge in [0.2, 0.25) is 10.0 Å². The van der Waals surface area contributed by atoms with Gasteiger partial charge < -0.3 is 10.5 Å². The Balaban J connectivity index is 2.12. The minimum absolute atomic E-state index is 0.0292. The number of hydrogen-bond acceptors (Lipinski definition) is 6. The normalized spacial score (nSPS) is 10.9. The van der Waals surface area contributed by atoms with Crippen LogP contribution < -0.4 is 15.8 Å². The van der Waals surface area contributed by atoms with E-state index in [1.54, 1.807) is 35.6 Å². The fraction of sp³-hybridized carbons (Fsp3) is 0.118. The van der Waals surface area contributed by atoms with Gasteiger partial charge in [0.1, 0.15) is 4.90 Å². The first kappa shape index (κ1) is 21.4. The zero-order valence-electron chi connectivity index (χ0n) is 14.3. The molecule has 0 radical (unpaired) electrons. The van der Waals surface area contributed by atoms with Gasteiger partial charge >= 0.3 is 12.0 Å². The number of ether oxygens (including phenoxy) is 1. The van der Waals surface area contributed by atoms with E-state index in [0.29, 0.717) is 0 Å². The van der Waals surface area contributed by atoms with E-state index in [1.807, 2.05) is 0 Å². The van der Waals surface area contributed by atoms with Gasteiger partial charge in [0, 0.05) is 6.54 Å². The van der Waals surface area contributed by atoms with Gasteiger partial charge in [0.25, 0.3) is 5.91 Å². The molecular formula is C17H16ClN3O6S. The molecule has 0 aliphatic heterocycles. The Morgan fingerprint density at radius 1 is 1.07 bits per heavy atom. The average Bonchev–Trinajstić information content (AvgIpc) is 2.65. The number of benzene rings is 2. The lowest BCUT2D eigenvalue weighted by atomic mass is 10.2. The lowest BCUT2D eigenvalue weighted by molar-refractivity contribution is -0.123. The van der Waals surface area contributed by atoms with E-state index in [-0.39, 0.29) is 22.0 Å². The fourth-order valence-electron chi connectivity index (χ4n) is 2.08. The molecule has 148 valence electrons. The number of imide groups is 1. The summed E-state index contributed by atoms with van der Waals surface area (Å²) in [5.41, 5.74) is 5.36. The maximum Gasteiger partial charge on any atom is 0.338 e. The van der Waals surface area contributed by atoms with E-state index in [0.717, 1.165) is 11.6 Å². The molecule has 0 bridgehead atoms. The Hall–Kier alpha value is -2.95. The van der Waals surface area contributed by atoms with Crippen LogP contribution in [0.5, 0.6) is 0 Å². The number of urea groups is 1. The highest BCUT2D eigenvalue weighted by molar-refractivity contribution is 7.89. The molecule has 0 heterocycles. The van der Waals surface area contributed by atoms with E-state index < -0.39 is 34.5 Å². The van der Waals surface area contributed by atoms with Crippen LogP contribution in [0.1, 0.15) is 15.9 Å². The predicted octanol–water partition coefficient (Wildman–Crippen LogP) is 1.17. The summed E-state index contributed by atoms with van der Waals surface area (Å²) in [6, 6.07) is 11.2. The summed E-state index contributed by atoms with van der Waals surface area (Å²) in [5, 5.41) is 1.63. The standard InChI is InChI=1S/C17H16ClN3O6S/c18-13-7-6-12(16(23)27-10-15(22)21-17(19)24)8-14(13)28(25,26)20-9-11-4-2-1-3-5-11/h1-8,20H,9-10H2,(H3,19,21,22,24). The molecule has 9 nitrogen and oxygen atoms in total. The Morgan fingerprint density at radius 2 is 1.75 bits per heavy atom. The molecule has 0 aliphatic rings. The summed E-state index contributed by atoms with van der Waals surface area (Å²) in [6.07, 6.45) is 0. The molecule has 2 aromatic carbocycles. The molecule has 0 fully saturated rings. The number of nitrogens with two attached hydrogens (primary N) is 1. The number of carbonyl (C=O) groups excluding carboxylic acids is 3. The van der Waals surface area contributed by atoms with Crippen molar-refractivity contribution in [1.29, 1.82) is 0 Å². The number of halogens is 1. The molecule has 11 heteroatoms. The highest BCUT2D eigenvalue weighted by atomic mass is 35.5. The molecule has 3 amide bonds. The maximum absolute atomic E-state index is 12.5. The first-order valence-electron chi connectivity index (χ1n) is 7.78. The van der Waals surface area contributed by atoms with Crippen molar-refractivity contribution in [2.75, 3.05) is 6.61 Å². The van der Waals surface area contributed by atoms with Gasteiger partial charge in [-0.1, -0.05) is 41.9 Å². The first-order chi connectivity index (χ1) is 13.2. The molecule has 28 heavy (non-hydrogen) atoms. The number of hydrogen-bond donors (Lipinski definition) is 3. The third-order valence-corrected chi connectivity index (χ3v) is 5.25. The van der Waals surface area contributed by atoms with Gasteiger partial charge in [-0.25, -0.2) is 22.7 Å². The van der Waals surface area contributed by atoms with Gasteiger partial charge in [-0.3, -0.25) is 10.1 Å². The van der Waals surface area contributed by atoms with Gasteiger partial charge in [-0.05, 0) is 23.8 Å². The number of amides is 3. The van der Waals surface area contributed by atoms with Crippen LogP contribution in [-0.4, -0.2) is 32.9 Å². The van der Waals surface area contributed by atoms with Crippen molar-refractivity contribution < 1.29 is 27.5 Å². The molecule has 0 saturated carbocycles. The Kier molecular flexibility index (Phi) is 7.10. The van der Waals surface area contributed by atoms with E-state index in [4.69, 9.17) is 22.1 Å². The molecule has 0 spiro atoms. The maximum atomic E-state index is 12.5. The minimum atomic E-state index is -4.02. The van der Waals surface area contributed by atoms with E-state index in [9.17, 15) is 22.8 Å². The van der Waals surface area contributed by atoms with Crippen molar-refractivity contribution in [3.05, 3.63) is 64.7 Å². The second-order valence-electron chi connectivity index (χ2n) is 5.44. The largest absolute Gasteiger partial charge is 0.452 e. The SMILES string of the molecule is NC(=O)NC(=O)COC(=O)c1ccc(Cl)c(S(=O)(=O)NCc2ccccc2)c1. The Morgan fingerprint density at radius 3 is 2.39 bits per heavy atom. The molecule has 2 rings (SSSR count). The van der Waals surface area contributed by atoms with Gasteiger partial charge in [0.15, 0.2) is 6.61 Å². The third-order valence-electron chi connectivity index (χ3n) is 3.36. The summed E-state index contributed by atoms with van der Waals surface area (Å²) in [4.78, 5) is 33.5. The lowest BCUT2D eigenvalue weighted by Crippen LogP contribution is -2.37. The number of rotatable bonds is 7. The molecule has 0 saturated heterocycles. The highest BCUT2D eigenvalue weighted by Crippen LogP contribution is 2.23. The van der Waals surface area contributed by atoms with Crippen LogP contribution in [-0.2, 0) is 26.1 Å². The topological polar surface area (TPSA) is 145 Å². The summed E-state index contributed by atoms with van der Waals surface area (Å²) in [5.74, 6) is -1.90. The molecule has 0 unspecified atom stereocenters.